The Hall–Kier alpha value is -3.13. The van der Waals surface area contributed by atoms with Crippen molar-refractivity contribution in [3.05, 3.63) is 72.5 Å². The molecule has 3 rings (SSSR count). The number of nitrogens with zero attached hydrogens (tertiary/aromatic N) is 5. The van der Waals surface area contributed by atoms with Crippen LogP contribution in [0.1, 0.15) is 43.4 Å². The lowest BCUT2D eigenvalue weighted by molar-refractivity contribution is -0.384. The highest BCUT2D eigenvalue weighted by Crippen LogP contribution is 2.42. The smallest absolute Gasteiger partial charge is 0.287 e. The molecule has 1 aliphatic rings. The summed E-state index contributed by atoms with van der Waals surface area (Å²) in [5.74, 6) is -0.195. The van der Waals surface area contributed by atoms with Gasteiger partial charge in [0.25, 0.3) is 0 Å². The van der Waals surface area contributed by atoms with Gasteiger partial charge in [0.15, 0.2) is 0 Å². The summed E-state index contributed by atoms with van der Waals surface area (Å²) in [7, 11) is 0. The minimum absolute atomic E-state index is 0.0412. The maximum absolute atomic E-state index is 12.9. The first kappa shape index (κ1) is 23.5. The first-order valence-electron chi connectivity index (χ1n) is 10.1. The van der Waals surface area contributed by atoms with E-state index in [9.17, 15) is 20.2 Å². The summed E-state index contributed by atoms with van der Waals surface area (Å²) in [5.41, 5.74) is 1.65. The molecule has 0 spiro atoms. The molecule has 32 heavy (non-hydrogen) atoms. The van der Waals surface area contributed by atoms with Crippen molar-refractivity contribution in [3.63, 3.8) is 0 Å². The van der Waals surface area contributed by atoms with Crippen LogP contribution in [0.3, 0.4) is 0 Å². The van der Waals surface area contributed by atoms with E-state index in [-0.39, 0.29) is 30.4 Å². The molecule has 0 aliphatic carbocycles. The number of aromatic nitrogens is 1. The molecule has 0 saturated heterocycles. The summed E-state index contributed by atoms with van der Waals surface area (Å²) in [6.07, 6.45) is 4.03. The number of allylic oxidation sites excluding steroid dienone is 1. The average molecular weight is 543 g/mol. The van der Waals surface area contributed by atoms with Crippen molar-refractivity contribution in [2.45, 2.75) is 45.7 Å². The van der Waals surface area contributed by atoms with Crippen molar-refractivity contribution in [1.82, 2.24) is 4.98 Å². The predicted octanol–water partition coefficient (Wildman–Crippen LogP) is 5.14. The summed E-state index contributed by atoms with van der Waals surface area (Å²) in [5, 5.41) is 21.5. The second kappa shape index (κ2) is 9.56. The molecule has 2 aromatic rings. The van der Waals surface area contributed by atoms with Gasteiger partial charge in [-0.3, -0.25) is 24.8 Å². The van der Waals surface area contributed by atoms with E-state index in [2.05, 4.69) is 38.6 Å². The van der Waals surface area contributed by atoms with E-state index in [0.717, 1.165) is 20.3 Å². The van der Waals surface area contributed by atoms with E-state index in [1.165, 1.54) is 11.1 Å². The zero-order chi connectivity index (χ0) is 23.5. The number of amides is 1. The number of carbonyl (C=O) groups is 1. The molecule has 0 N–H and O–H groups in total. The standard InChI is InChI=1S/C23H22IN5O3/c1-4-5-19(30)28(22-20(29(31)32)15(2)10-11-26-22)13-17-6-8-18(9-7-17)23(14-25)21(24)16(3)12-27-23/h6-12H,4-5,13H2,1-3H3. The van der Waals surface area contributed by atoms with Gasteiger partial charge in [0, 0.05) is 28.0 Å². The third-order valence-electron chi connectivity index (χ3n) is 5.30. The van der Waals surface area contributed by atoms with Crippen molar-refractivity contribution in [1.29, 1.82) is 5.26 Å². The summed E-state index contributed by atoms with van der Waals surface area (Å²) in [4.78, 5) is 34.0. The van der Waals surface area contributed by atoms with Gasteiger partial charge in [-0.25, -0.2) is 4.98 Å². The number of pyridine rings is 1. The van der Waals surface area contributed by atoms with Crippen molar-refractivity contribution in [2.24, 2.45) is 4.99 Å². The van der Waals surface area contributed by atoms with Crippen LogP contribution in [-0.2, 0) is 16.9 Å². The maximum Gasteiger partial charge on any atom is 0.314 e. The molecule has 0 bridgehead atoms. The fraction of sp³-hybridized carbons (Fsp3) is 0.304. The number of benzene rings is 1. The molecule has 0 saturated carbocycles. The minimum Gasteiger partial charge on any atom is -0.287 e. The molecule has 1 atom stereocenters. The van der Waals surface area contributed by atoms with Gasteiger partial charge in [0.05, 0.1) is 11.5 Å². The highest BCUT2D eigenvalue weighted by molar-refractivity contribution is 14.1. The summed E-state index contributed by atoms with van der Waals surface area (Å²) >= 11 is 2.15. The van der Waals surface area contributed by atoms with Crippen LogP contribution >= 0.6 is 22.6 Å². The lowest BCUT2D eigenvalue weighted by Crippen LogP contribution is -2.31. The number of nitro groups is 1. The van der Waals surface area contributed by atoms with E-state index in [1.54, 1.807) is 19.2 Å². The monoisotopic (exact) mass is 543 g/mol. The molecule has 0 radical (unpaired) electrons. The molecule has 1 aromatic carbocycles. The number of rotatable bonds is 7. The molecule has 164 valence electrons. The Morgan fingerprint density at radius 3 is 2.50 bits per heavy atom. The Kier molecular flexibility index (Phi) is 7.03. The first-order valence-corrected chi connectivity index (χ1v) is 11.2. The molecule has 9 heteroatoms. The molecule has 1 amide bonds. The van der Waals surface area contributed by atoms with Crippen LogP contribution in [0.2, 0.25) is 0 Å². The van der Waals surface area contributed by atoms with E-state index in [4.69, 9.17) is 0 Å². The van der Waals surface area contributed by atoms with Crippen LogP contribution in [0.5, 0.6) is 0 Å². The molecule has 0 fully saturated rings. The number of hydrogen-bond donors (Lipinski definition) is 0. The Morgan fingerprint density at radius 2 is 1.97 bits per heavy atom. The maximum atomic E-state index is 12.9. The number of nitriles is 1. The van der Waals surface area contributed by atoms with Crippen molar-refractivity contribution in [3.8, 4) is 6.07 Å². The van der Waals surface area contributed by atoms with Gasteiger partial charge in [-0.15, -0.1) is 0 Å². The quantitative estimate of drug-likeness (QED) is 0.273. The Bertz CT molecular complexity index is 1170. The Balaban J connectivity index is 1.98. The molecule has 1 aromatic heterocycles. The predicted molar refractivity (Wildman–Crippen MR) is 131 cm³/mol. The topological polar surface area (TPSA) is 112 Å². The third kappa shape index (κ3) is 4.27. The van der Waals surface area contributed by atoms with E-state index in [0.29, 0.717) is 12.0 Å². The third-order valence-corrected chi connectivity index (χ3v) is 6.93. The molecular weight excluding hydrogens is 521 g/mol. The summed E-state index contributed by atoms with van der Waals surface area (Å²) < 4.78 is 0.852. The molecule has 8 nitrogen and oxygen atoms in total. The van der Waals surface area contributed by atoms with Crippen molar-refractivity contribution in [2.75, 3.05) is 4.90 Å². The van der Waals surface area contributed by atoms with Crippen LogP contribution in [0.25, 0.3) is 0 Å². The average Bonchev–Trinajstić information content (AvgIpc) is 3.07. The Morgan fingerprint density at radius 1 is 1.28 bits per heavy atom. The second-order valence-corrected chi connectivity index (χ2v) is 8.64. The summed E-state index contributed by atoms with van der Waals surface area (Å²) in [6.45, 7) is 5.55. The van der Waals surface area contributed by atoms with Gasteiger partial charge in [0.1, 0.15) is 6.07 Å². The van der Waals surface area contributed by atoms with Gasteiger partial charge >= 0.3 is 5.69 Å². The second-order valence-electron chi connectivity index (χ2n) is 7.56. The number of aryl methyl sites for hydroxylation is 1. The fourth-order valence-electron chi connectivity index (χ4n) is 3.56. The zero-order valence-electron chi connectivity index (χ0n) is 18.0. The van der Waals surface area contributed by atoms with Gasteiger partial charge in [-0.1, -0.05) is 31.2 Å². The minimum atomic E-state index is -1.06. The molecule has 1 aliphatic heterocycles. The van der Waals surface area contributed by atoms with Crippen LogP contribution in [0.4, 0.5) is 11.5 Å². The summed E-state index contributed by atoms with van der Waals surface area (Å²) in [6, 6.07) is 11.1. The van der Waals surface area contributed by atoms with Crippen molar-refractivity contribution < 1.29 is 9.72 Å². The molecule has 1 unspecified atom stereocenters. The SMILES string of the molecule is CCCC(=O)N(Cc1ccc(C2(C#N)N=CC(C)=C2I)cc1)c1nccc(C)c1[N+](=O)[O-]. The number of anilines is 1. The number of hydrogen-bond acceptors (Lipinski definition) is 6. The van der Waals surface area contributed by atoms with E-state index in [1.807, 2.05) is 38.1 Å². The van der Waals surface area contributed by atoms with Gasteiger partial charge in [-0.2, -0.15) is 5.26 Å². The lowest BCUT2D eigenvalue weighted by Gasteiger charge is -2.23. The highest BCUT2D eigenvalue weighted by Gasteiger charge is 2.39. The van der Waals surface area contributed by atoms with E-state index < -0.39 is 10.5 Å². The van der Waals surface area contributed by atoms with Gasteiger partial charge in [0.2, 0.25) is 17.3 Å². The largest absolute Gasteiger partial charge is 0.314 e. The van der Waals surface area contributed by atoms with Gasteiger partial charge < -0.3 is 0 Å². The lowest BCUT2D eigenvalue weighted by atomic mass is 9.91. The van der Waals surface area contributed by atoms with E-state index >= 15 is 0 Å². The molecular formula is C23H22IN5O3. The number of halogens is 1. The normalized spacial score (nSPS) is 17.3. The molecule has 2 heterocycles. The van der Waals surface area contributed by atoms with Gasteiger partial charge in [-0.05, 0) is 65.6 Å². The zero-order valence-corrected chi connectivity index (χ0v) is 20.2. The Labute approximate surface area is 200 Å². The number of aliphatic imine (C=N–C) groups is 1. The van der Waals surface area contributed by atoms with Crippen LogP contribution in [-0.4, -0.2) is 22.0 Å². The van der Waals surface area contributed by atoms with Crippen LogP contribution in [0, 0.1) is 28.4 Å². The first-order chi connectivity index (χ1) is 15.2. The van der Waals surface area contributed by atoms with Crippen LogP contribution in [0.15, 0.2) is 50.7 Å². The highest BCUT2D eigenvalue weighted by atomic mass is 127. The fourth-order valence-corrected chi connectivity index (χ4v) is 4.27. The van der Waals surface area contributed by atoms with Crippen LogP contribution < -0.4 is 4.90 Å². The number of carbonyl (C=O) groups excluding carboxylic acids is 1. The van der Waals surface area contributed by atoms with Crippen molar-refractivity contribution >= 4 is 46.2 Å².